The Hall–Kier alpha value is -2.08. The lowest BCUT2D eigenvalue weighted by molar-refractivity contribution is 0.644. The third-order valence-corrected chi connectivity index (χ3v) is 4.28. The Bertz CT molecular complexity index is 663. The van der Waals surface area contributed by atoms with Gasteiger partial charge in [-0.25, -0.2) is 0 Å². The molecular weight excluding hydrogens is 312 g/mol. The fourth-order valence-electron chi connectivity index (χ4n) is 3.13. The van der Waals surface area contributed by atoms with Crippen molar-refractivity contribution in [1.29, 1.82) is 0 Å². The Balaban J connectivity index is 0.000000772. The van der Waals surface area contributed by atoms with E-state index in [1.165, 1.54) is 33.4 Å². The molecular formula is C26H38. The van der Waals surface area contributed by atoms with E-state index in [9.17, 15) is 0 Å². The van der Waals surface area contributed by atoms with E-state index in [0.29, 0.717) is 5.92 Å². The van der Waals surface area contributed by atoms with Crippen LogP contribution in [-0.2, 0) is 6.42 Å². The Morgan fingerprint density at radius 3 is 2.23 bits per heavy atom. The zero-order chi connectivity index (χ0) is 20.1. The molecule has 0 nitrogen and oxygen atoms in total. The standard InChI is InChI=1S/C19H24.C5H8.C2H6/c1-6-15(11-13(3)4)19-12-18-14(5)9-8-10-17(18)16(19)7-2;1-3-5-4-2;1-2/h6-10,13H,2,11-12H2,1,3-5H3;3-5H,1H2,2H3;1-2H3/b15-6-;5-4-;. The Morgan fingerprint density at radius 2 is 1.81 bits per heavy atom. The van der Waals surface area contributed by atoms with Gasteiger partial charge in [-0.2, -0.15) is 0 Å². The lowest BCUT2D eigenvalue weighted by Crippen LogP contribution is -1.97. The summed E-state index contributed by atoms with van der Waals surface area (Å²) in [5.41, 5.74) is 8.57. The van der Waals surface area contributed by atoms with Crippen LogP contribution < -0.4 is 0 Å². The summed E-state index contributed by atoms with van der Waals surface area (Å²) in [7, 11) is 0. The molecule has 1 aliphatic carbocycles. The average Bonchev–Trinajstić information content (AvgIpc) is 3.02. The van der Waals surface area contributed by atoms with Gasteiger partial charge in [-0.05, 0) is 72.9 Å². The van der Waals surface area contributed by atoms with Crippen LogP contribution in [0.15, 0.2) is 72.9 Å². The highest BCUT2D eigenvalue weighted by Gasteiger charge is 2.23. The summed E-state index contributed by atoms with van der Waals surface area (Å²) in [6.07, 6.45) is 12.1. The minimum absolute atomic E-state index is 0.689. The normalized spacial score (nSPS) is 13.0. The fraction of sp³-hybridized carbons (Fsp3) is 0.385. The van der Waals surface area contributed by atoms with Gasteiger partial charge in [0.05, 0.1) is 0 Å². The van der Waals surface area contributed by atoms with Crippen LogP contribution >= 0.6 is 0 Å². The number of benzene rings is 1. The lowest BCUT2D eigenvalue weighted by Gasteiger charge is -2.12. The Morgan fingerprint density at radius 1 is 1.15 bits per heavy atom. The highest BCUT2D eigenvalue weighted by molar-refractivity contribution is 5.86. The zero-order valence-electron chi connectivity index (χ0n) is 18.0. The molecule has 0 atom stereocenters. The van der Waals surface area contributed by atoms with Gasteiger partial charge in [0, 0.05) is 0 Å². The van der Waals surface area contributed by atoms with E-state index in [1.807, 2.05) is 39.0 Å². The molecule has 0 amide bonds. The molecule has 0 fully saturated rings. The van der Waals surface area contributed by atoms with Gasteiger partial charge in [-0.15, -0.1) is 0 Å². The third kappa shape index (κ3) is 6.67. The van der Waals surface area contributed by atoms with Crippen molar-refractivity contribution in [3.8, 4) is 0 Å². The third-order valence-electron chi connectivity index (χ3n) is 4.28. The van der Waals surface area contributed by atoms with Crippen LogP contribution in [-0.4, -0.2) is 0 Å². The maximum atomic E-state index is 4.03. The molecule has 0 spiro atoms. The molecule has 1 aliphatic rings. The molecule has 2 rings (SSSR count). The highest BCUT2D eigenvalue weighted by atomic mass is 14.3. The summed E-state index contributed by atoms with van der Waals surface area (Å²) in [6.45, 7) is 22.4. The van der Waals surface area contributed by atoms with Crippen molar-refractivity contribution in [3.05, 3.63) is 89.6 Å². The van der Waals surface area contributed by atoms with Gasteiger partial charge in [0.15, 0.2) is 0 Å². The Labute approximate surface area is 162 Å². The second-order valence-corrected chi connectivity index (χ2v) is 6.55. The molecule has 0 aromatic heterocycles. The maximum Gasteiger partial charge on any atom is -0.000821 e. The molecule has 0 N–H and O–H groups in total. The smallest absolute Gasteiger partial charge is 0.000821 e. The van der Waals surface area contributed by atoms with Crippen LogP contribution in [0.1, 0.15) is 64.7 Å². The zero-order valence-corrected chi connectivity index (χ0v) is 18.0. The molecule has 0 aliphatic heterocycles. The molecule has 1 aromatic carbocycles. The van der Waals surface area contributed by atoms with Crippen LogP contribution in [0, 0.1) is 12.8 Å². The number of rotatable bonds is 5. The van der Waals surface area contributed by atoms with Crippen molar-refractivity contribution in [1.82, 2.24) is 0 Å². The summed E-state index contributed by atoms with van der Waals surface area (Å²) in [5.74, 6) is 0.689. The van der Waals surface area contributed by atoms with Gasteiger partial charge in [0.1, 0.15) is 0 Å². The number of hydrogen-bond acceptors (Lipinski definition) is 0. The second kappa shape index (κ2) is 13.2. The van der Waals surface area contributed by atoms with Crippen molar-refractivity contribution >= 4 is 5.57 Å². The van der Waals surface area contributed by atoms with Crippen molar-refractivity contribution in [2.75, 3.05) is 0 Å². The predicted molar refractivity (Wildman–Crippen MR) is 122 cm³/mol. The quantitative estimate of drug-likeness (QED) is 0.469. The van der Waals surface area contributed by atoms with Crippen molar-refractivity contribution in [2.45, 2.75) is 61.3 Å². The van der Waals surface area contributed by atoms with Crippen LogP contribution in [0.5, 0.6) is 0 Å². The van der Waals surface area contributed by atoms with E-state index in [4.69, 9.17) is 0 Å². The SMILES string of the molecule is C=C/C=C\C.C=CC1=C(/C(=C\C)CC(C)C)Cc2c(C)cccc21.CC. The van der Waals surface area contributed by atoms with Crippen molar-refractivity contribution in [3.63, 3.8) is 0 Å². The largest absolute Gasteiger partial charge is 0.0991 e. The predicted octanol–water partition coefficient (Wildman–Crippen LogP) is 8.26. The molecule has 0 unspecified atom stereocenters. The van der Waals surface area contributed by atoms with E-state index in [1.54, 1.807) is 6.08 Å². The van der Waals surface area contributed by atoms with Gasteiger partial charge in [0.2, 0.25) is 0 Å². The van der Waals surface area contributed by atoms with Gasteiger partial charge >= 0.3 is 0 Å². The van der Waals surface area contributed by atoms with E-state index >= 15 is 0 Å². The number of hydrogen-bond donors (Lipinski definition) is 0. The monoisotopic (exact) mass is 350 g/mol. The van der Waals surface area contributed by atoms with Crippen LogP contribution in [0.4, 0.5) is 0 Å². The van der Waals surface area contributed by atoms with Crippen molar-refractivity contribution in [2.24, 2.45) is 5.92 Å². The van der Waals surface area contributed by atoms with E-state index in [2.05, 4.69) is 65.1 Å². The first-order valence-corrected chi connectivity index (χ1v) is 9.83. The van der Waals surface area contributed by atoms with Crippen LogP contribution in [0.2, 0.25) is 0 Å². The number of fused-ring (bicyclic) bond motifs is 1. The lowest BCUT2D eigenvalue weighted by atomic mass is 9.92. The number of allylic oxidation sites excluding steroid dienone is 8. The van der Waals surface area contributed by atoms with Gasteiger partial charge < -0.3 is 0 Å². The molecule has 0 radical (unpaired) electrons. The first kappa shape index (κ1) is 23.9. The molecule has 0 heteroatoms. The van der Waals surface area contributed by atoms with Crippen LogP contribution in [0.3, 0.4) is 0 Å². The molecule has 1 aromatic rings. The second-order valence-electron chi connectivity index (χ2n) is 6.55. The first-order chi connectivity index (χ1) is 12.5. The van der Waals surface area contributed by atoms with Crippen molar-refractivity contribution < 1.29 is 0 Å². The van der Waals surface area contributed by atoms with Gasteiger partial charge in [-0.3, -0.25) is 0 Å². The Kier molecular flexibility index (Phi) is 12.1. The molecule has 0 bridgehead atoms. The molecule has 0 saturated heterocycles. The maximum absolute atomic E-state index is 4.03. The first-order valence-electron chi connectivity index (χ1n) is 9.83. The van der Waals surface area contributed by atoms with E-state index in [-0.39, 0.29) is 0 Å². The summed E-state index contributed by atoms with van der Waals surface area (Å²) in [4.78, 5) is 0. The van der Waals surface area contributed by atoms with E-state index in [0.717, 1.165) is 12.8 Å². The average molecular weight is 351 g/mol. The summed E-state index contributed by atoms with van der Waals surface area (Å²) >= 11 is 0. The van der Waals surface area contributed by atoms with Crippen LogP contribution in [0.25, 0.3) is 5.57 Å². The van der Waals surface area contributed by atoms with Gasteiger partial charge in [-0.1, -0.05) is 89.4 Å². The number of aryl methyl sites for hydroxylation is 1. The van der Waals surface area contributed by atoms with Gasteiger partial charge in [0.25, 0.3) is 0 Å². The minimum atomic E-state index is 0.689. The van der Waals surface area contributed by atoms with E-state index < -0.39 is 0 Å². The molecule has 0 saturated carbocycles. The summed E-state index contributed by atoms with van der Waals surface area (Å²) in [5, 5.41) is 0. The molecule has 0 heterocycles. The minimum Gasteiger partial charge on any atom is -0.0991 e. The summed E-state index contributed by atoms with van der Waals surface area (Å²) in [6, 6.07) is 6.59. The topological polar surface area (TPSA) is 0 Å². The summed E-state index contributed by atoms with van der Waals surface area (Å²) < 4.78 is 0. The fourth-order valence-corrected chi connectivity index (χ4v) is 3.13. The molecule has 26 heavy (non-hydrogen) atoms. The molecule has 142 valence electrons. The highest BCUT2D eigenvalue weighted by Crippen LogP contribution is 2.39.